The zero-order valence-electron chi connectivity index (χ0n) is 17.6. The van der Waals surface area contributed by atoms with Gasteiger partial charge in [-0.1, -0.05) is 72.0 Å². The molecular weight excluding hydrogens is 442 g/mol. The fourth-order valence-corrected chi connectivity index (χ4v) is 4.60. The molecule has 0 spiro atoms. The lowest BCUT2D eigenvalue weighted by Gasteiger charge is -2.14. The van der Waals surface area contributed by atoms with Crippen molar-refractivity contribution in [3.05, 3.63) is 105 Å². The largest absolute Gasteiger partial charge is 0.468 e. The highest BCUT2D eigenvalue weighted by atomic mass is 32.1. The lowest BCUT2D eigenvalue weighted by atomic mass is 9.91. The van der Waals surface area contributed by atoms with Crippen LogP contribution in [0.3, 0.4) is 0 Å². The van der Waals surface area contributed by atoms with Gasteiger partial charge < -0.3 is 9.30 Å². The molecule has 166 valence electrons. The van der Waals surface area contributed by atoms with Gasteiger partial charge in [-0.25, -0.2) is 0 Å². The van der Waals surface area contributed by atoms with Crippen LogP contribution in [0.2, 0.25) is 0 Å². The van der Waals surface area contributed by atoms with Crippen molar-refractivity contribution in [3.8, 4) is 0 Å². The van der Waals surface area contributed by atoms with Gasteiger partial charge in [0.25, 0.3) is 11.6 Å². The van der Waals surface area contributed by atoms with Crippen molar-refractivity contribution < 1.29 is 19.2 Å². The van der Waals surface area contributed by atoms with Gasteiger partial charge in [0.1, 0.15) is 6.54 Å². The van der Waals surface area contributed by atoms with Crippen molar-refractivity contribution in [2.24, 2.45) is 4.99 Å². The van der Waals surface area contributed by atoms with Gasteiger partial charge in [0.15, 0.2) is 4.80 Å². The number of hydrogen-bond donors (Lipinski definition) is 0. The molecule has 8 nitrogen and oxygen atoms in total. The molecule has 0 bridgehead atoms. The third-order valence-electron chi connectivity index (χ3n) is 5.11. The Hall–Kier alpha value is -4.11. The number of ether oxygens (including phenoxy) is 1. The van der Waals surface area contributed by atoms with Gasteiger partial charge in [0, 0.05) is 12.1 Å². The summed E-state index contributed by atoms with van der Waals surface area (Å²) in [5.41, 5.74) is 2.04. The Labute approximate surface area is 192 Å². The van der Waals surface area contributed by atoms with Crippen LogP contribution in [-0.2, 0) is 20.9 Å². The third kappa shape index (κ3) is 4.73. The van der Waals surface area contributed by atoms with E-state index in [1.807, 2.05) is 60.7 Å². The Kier molecular flexibility index (Phi) is 6.41. The SMILES string of the molecule is COC(=O)Cn1c(=NC(=O)C(c2ccccc2)c2ccccc2)sc2cc([N+](=O)[O-])ccc21. The lowest BCUT2D eigenvalue weighted by Crippen LogP contribution is -2.24. The molecule has 4 aromatic rings. The number of hydrogen-bond acceptors (Lipinski definition) is 6. The number of benzene rings is 3. The molecule has 0 saturated heterocycles. The fraction of sp³-hybridized carbons (Fsp3) is 0.125. The van der Waals surface area contributed by atoms with Crippen LogP contribution in [0.15, 0.2) is 83.9 Å². The predicted octanol–water partition coefficient (Wildman–Crippen LogP) is 4.04. The molecule has 0 aliphatic carbocycles. The van der Waals surface area contributed by atoms with E-state index in [9.17, 15) is 19.7 Å². The van der Waals surface area contributed by atoms with Crippen molar-refractivity contribution in [2.75, 3.05) is 7.11 Å². The van der Waals surface area contributed by atoms with Crippen LogP contribution >= 0.6 is 11.3 Å². The number of fused-ring (bicyclic) bond motifs is 1. The number of thiazole rings is 1. The quantitative estimate of drug-likeness (QED) is 0.245. The highest BCUT2D eigenvalue weighted by Crippen LogP contribution is 2.27. The number of nitro groups is 1. The molecule has 0 radical (unpaired) electrons. The number of non-ortho nitro benzene ring substituents is 1. The number of esters is 1. The maximum Gasteiger partial charge on any atom is 0.325 e. The van der Waals surface area contributed by atoms with Gasteiger partial charge in [-0.15, -0.1) is 0 Å². The number of carbonyl (C=O) groups is 2. The molecule has 0 aliphatic heterocycles. The first-order valence-corrected chi connectivity index (χ1v) is 10.8. The maximum absolute atomic E-state index is 13.5. The average molecular weight is 461 g/mol. The Bertz CT molecular complexity index is 1350. The first kappa shape index (κ1) is 22.1. The number of carbonyl (C=O) groups excluding carboxylic acids is 2. The first-order valence-electron chi connectivity index (χ1n) is 10.0. The molecule has 4 rings (SSSR count). The standard InChI is InChI=1S/C24H19N3O5S/c1-32-21(28)15-26-19-13-12-18(27(30)31)14-20(19)33-24(26)25-23(29)22(16-8-4-2-5-9-16)17-10-6-3-7-11-17/h2-14,22H,15H2,1H3. The molecule has 0 unspecified atom stereocenters. The van der Waals surface area contributed by atoms with Crippen molar-refractivity contribution in [2.45, 2.75) is 12.5 Å². The second kappa shape index (κ2) is 9.58. The minimum Gasteiger partial charge on any atom is -0.468 e. The lowest BCUT2D eigenvalue weighted by molar-refractivity contribution is -0.384. The maximum atomic E-state index is 13.5. The summed E-state index contributed by atoms with van der Waals surface area (Å²) in [6.45, 7) is -0.179. The summed E-state index contributed by atoms with van der Waals surface area (Å²) in [5, 5.41) is 11.2. The minimum absolute atomic E-state index is 0.0849. The monoisotopic (exact) mass is 461 g/mol. The second-order valence-corrected chi connectivity index (χ2v) is 8.17. The smallest absolute Gasteiger partial charge is 0.325 e. The molecule has 33 heavy (non-hydrogen) atoms. The van der Waals surface area contributed by atoms with E-state index in [4.69, 9.17) is 4.74 Å². The number of nitro benzene ring substituents is 1. The van der Waals surface area contributed by atoms with Crippen LogP contribution in [0.25, 0.3) is 10.2 Å². The van der Waals surface area contributed by atoms with E-state index < -0.39 is 22.7 Å². The van der Waals surface area contributed by atoms with E-state index in [1.54, 1.807) is 10.6 Å². The van der Waals surface area contributed by atoms with Crippen LogP contribution in [-0.4, -0.2) is 28.5 Å². The molecule has 0 aliphatic rings. The normalized spacial score (nSPS) is 11.6. The zero-order chi connectivity index (χ0) is 23.4. The predicted molar refractivity (Wildman–Crippen MR) is 124 cm³/mol. The molecule has 0 N–H and O–H groups in total. The fourth-order valence-electron chi connectivity index (χ4n) is 3.53. The highest BCUT2D eigenvalue weighted by Gasteiger charge is 2.23. The van der Waals surface area contributed by atoms with Gasteiger partial charge in [-0.3, -0.25) is 19.7 Å². The number of amides is 1. The molecule has 1 heterocycles. The average Bonchev–Trinajstić information content (AvgIpc) is 3.16. The van der Waals surface area contributed by atoms with Crippen molar-refractivity contribution in [1.29, 1.82) is 0 Å². The minimum atomic E-state index is -0.640. The number of methoxy groups -OCH3 is 1. The Balaban J connectivity index is 1.88. The summed E-state index contributed by atoms with van der Waals surface area (Å²) >= 11 is 1.11. The van der Waals surface area contributed by atoms with Crippen molar-refractivity contribution in [1.82, 2.24) is 4.57 Å². The van der Waals surface area contributed by atoms with Crippen LogP contribution in [0.4, 0.5) is 5.69 Å². The van der Waals surface area contributed by atoms with Gasteiger partial charge in [0.2, 0.25) is 0 Å². The van der Waals surface area contributed by atoms with Gasteiger partial charge in [0.05, 0.1) is 28.2 Å². The van der Waals surface area contributed by atoms with Crippen LogP contribution in [0, 0.1) is 10.1 Å². The van der Waals surface area contributed by atoms with E-state index in [-0.39, 0.29) is 17.0 Å². The van der Waals surface area contributed by atoms with E-state index in [2.05, 4.69) is 4.99 Å². The molecule has 3 aromatic carbocycles. The number of nitrogens with zero attached hydrogens (tertiary/aromatic N) is 3. The van der Waals surface area contributed by atoms with Gasteiger partial charge in [-0.05, 0) is 17.2 Å². The van der Waals surface area contributed by atoms with E-state index >= 15 is 0 Å². The van der Waals surface area contributed by atoms with Crippen LogP contribution in [0.1, 0.15) is 17.0 Å². The molecule has 9 heteroatoms. The van der Waals surface area contributed by atoms with Gasteiger partial charge in [-0.2, -0.15) is 4.99 Å². The topological polar surface area (TPSA) is 104 Å². The molecule has 1 aromatic heterocycles. The molecule has 1 amide bonds. The van der Waals surface area contributed by atoms with Crippen molar-refractivity contribution >= 4 is 39.1 Å². The first-order chi connectivity index (χ1) is 16.0. The number of aromatic nitrogens is 1. The summed E-state index contributed by atoms with van der Waals surface area (Å²) in [6.07, 6.45) is 0. The van der Waals surface area contributed by atoms with E-state index in [1.165, 1.54) is 19.2 Å². The highest BCUT2D eigenvalue weighted by molar-refractivity contribution is 7.16. The third-order valence-corrected chi connectivity index (χ3v) is 6.15. The van der Waals surface area contributed by atoms with Crippen LogP contribution in [0.5, 0.6) is 0 Å². The second-order valence-electron chi connectivity index (χ2n) is 7.16. The van der Waals surface area contributed by atoms with Crippen LogP contribution < -0.4 is 4.80 Å². The summed E-state index contributed by atoms with van der Waals surface area (Å²) < 4.78 is 6.87. The molecule has 0 fully saturated rings. The Morgan fingerprint density at radius 3 is 2.18 bits per heavy atom. The van der Waals surface area contributed by atoms with E-state index in [0.29, 0.717) is 10.2 Å². The Morgan fingerprint density at radius 2 is 1.64 bits per heavy atom. The van der Waals surface area contributed by atoms with Crippen molar-refractivity contribution in [3.63, 3.8) is 0 Å². The Morgan fingerprint density at radius 1 is 1.03 bits per heavy atom. The summed E-state index contributed by atoms with van der Waals surface area (Å²) in [6, 6.07) is 22.9. The summed E-state index contributed by atoms with van der Waals surface area (Å²) in [7, 11) is 1.27. The molecular formula is C24H19N3O5S. The summed E-state index contributed by atoms with van der Waals surface area (Å²) in [5.74, 6) is -1.57. The van der Waals surface area contributed by atoms with Gasteiger partial charge >= 0.3 is 5.97 Å². The summed E-state index contributed by atoms with van der Waals surface area (Å²) in [4.78, 5) is 40.9. The number of rotatable bonds is 6. The molecule has 0 saturated carbocycles. The van der Waals surface area contributed by atoms with E-state index in [0.717, 1.165) is 22.5 Å². The molecule has 0 atom stereocenters. The zero-order valence-corrected chi connectivity index (χ0v) is 18.4.